The standard InChI is InChI=1S/C55H40N2Si/c1-39-28-33-44(34-29-39)58(42-16-4-2-5-17-42,43-18-6-3-7-19-43)45-35-30-40(31-36-45)46-20-8-12-24-51(46)57-54-27-15-11-23-49(54)50-38-41(32-37-55(50)57)56-52-25-13-9-21-47(52)48-22-10-14-26-53(48)56/h2-38H,1H3. The zero-order chi connectivity index (χ0) is 38.6. The first kappa shape index (κ1) is 34.1. The van der Waals surface area contributed by atoms with Crippen LogP contribution < -0.4 is 20.7 Å². The van der Waals surface area contributed by atoms with Crippen LogP contribution in [0.2, 0.25) is 0 Å². The van der Waals surface area contributed by atoms with Crippen molar-refractivity contribution in [2.75, 3.05) is 0 Å². The van der Waals surface area contributed by atoms with Gasteiger partial charge in [0.1, 0.15) is 0 Å². The highest BCUT2D eigenvalue weighted by molar-refractivity contribution is 7.19. The molecular formula is C55H40N2Si. The Morgan fingerprint density at radius 3 is 1.34 bits per heavy atom. The van der Waals surface area contributed by atoms with Gasteiger partial charge in [-0.3, -0.25) is 0 Å². The third-order valence-electron chi connectivity index (χ3n) is 12.2. The Bertz CT molecular complexity index is 3170. The lowest BCUT2D eigenvalue weighted by atomic mass is 10.0. The van der Waals surface area contributed by atoms with Gasteiger partial charge in [0, 0.05) is 32.8 Å². The highest BCUT2D eigenvalue weighted by atomic mass is 28.3. The molecule has 0 saturated heterocycles. The number of aromatic nitrogens is 2. The van der Waals surface area contributed by atoms with Crippen LogP contribution in [0.5, 0.6) is 0 Å². The molecule has 0 bridgehead atoms. The lowest BCUT2D eigenvalue weighted by molar-refractivity contribution is 1.17. The molecule has 0 aliphatic carbocycles. The van der Waals surface area contributed by atoms with E-state index in [2.05, 4.69) is 241 Å². The fraction of sp³-hybridized carbons (Fsp3) is 0.0182. The van der Waals surface area contributed by atoms with Gasteiger partial charge in [-0.15, -0.1) is 0 Å². The molecule has 0 saturated carbocycles. The van der Waals surface area contributed by atoms with Crippen molar-refractivity contribution in [1.82, 2.24) is 9.13 Å². The second-order valence-electron chi connectivity index (χ2n) is 15.4. The Labute approximate surface area is 339 Å². The molecule has 3 heteroatoms. The summed E-state index contributed by atoms with van der Waals surface area (Å²) in [6.45, 7) is 2.17. The minimum absolute atomic E-state index is 1.16. The average molecular weight is 757 g/mol. The summed E-state index contributed by atoms with van der Waals surface area (Å²) in [6, 6.07) is 83.3. The van der Waals surface area contributed by atoms with Crippen LogP contribution in [0, 0.1) is 6.92 Å². The molecule has 2 heterocycles. The van der Waals surface area contributed by atoms with Gasteiger partial charge in [0.05, 0.1) is 27.8 Å². The fourth-order valence-electron chi connectivity index (χ4n) is 9.55. The van der Waals surface area contributed by atoms with Crippen LogP contribution in [0.15, 0.2) is 224 Å². The first-order valence-electron chi connectivity index (χ1n) is 20.1. The van der Waals surface area contributed by atoms with Crippen molar-refractivity contribution in [2.24, 2.45) is 0 Å². The summed E-state index contributed by atoms with van der Waals surface area (Å²) in [7, 11) is -2.66. The van der Waals surface area contributed by atoms with Crippen LogP contribution in [-0.2, 0) is 0 Å². The van der Waals surface area contributed by atoms with Crippen LogP contribution in [-0.4, -0.2) is 17.2 Å². The van der Waals surface area contributed by atoms with Crippen LogP contribution in [0.3, 0.4) is 0 Å². The summed E-state index contributed by atoms with van der Waals surface area (Å²) in [5.41, 5.74) is 10.8. The topological polar surface area (TPSA) is 9.86 Å². The number of aryl methyl sites for hydroxylation is 1. The Hall–Kier alpha value is -7.20. The molecule has 274 valence electrons. The molecule has 0 aliphatic heterocycles. The number of fused-ring (bicyclic) bond motifs is 6. The molecule has 0 unspecified atom stereocenters. The maximum Gasteiger partial charge on any atom is 0.179 e. The highest BCUT2D eigenvalue weighted by Crippen LogP contribution is 2.39. The Kier molecular flexibility index (Phi) is 8.09. The van der Waals surface area contributed by atoms with E-state index in [-0.39, 0.29) is 0 Å². The molecular weight excluding hydrogens is 717 g/mol. The van der Waals surface area contributed by atoms with Crippen molar-refractivity contribution in [3.8, 4) is 22.5 Å². The SMILES string of the molecule is Cc1ccc([Si](c2ccccc2)(c2ccccc2)c2ccc(-c3ccccc3-n3c4ccccc4c4cc(-n5c6ccccc6c6ccccc65)ccc43)cc2)cc1. The maximum absolute atomic E-state index is 2.66. The summed E-state index contributed by atoms with van der Waals surface area (Å²) in [5.74, 6) is 0. The van der Waals surface area contributed by atoms with E-state index >= 15 is 0 Å². The van der Waals surface area contributed by atoms with Gasteiger partial charge >= 0.3 is 0 Å². The third-order valence-corrected chi connectivity index (χ3v) is 17.0. The minimum Gasteiger partial charge on any atom is -0.309 e. The van der Waals surface area contributed by atoms with E-state index in [1.165, 1.54) is 86.7 Å². The van der Waals surface area contributed by atoms with Crippen LogP contribution in [0.25, 0.3) is 66.1 Å². The number of benzene rings is 9. The molecule has 0 radical (unpaired) electrons. The van der Waals surface area contributed by atoms with Gasteiger partial charge in [-0.25, -0.2) is 0 Å². The lowest BCUT2D eigenvalue weighted by Gasteiger charge is -2.34. The molecule has 0 aliphatic rings. The van der Waals surface area contributed by atoms with Crippen LogP contribution in [0.4, 0.5) is 0 Å². The largest absolute Gasteiger partial charge is 0.309 e. The molecule has 2 nitrogen and oxygen atoms in total. The van der Waals surface area contributed by atoms with Crippen molar-refractivity contribution in [1.29, 1.82) is 0 Å². The van der Waals surface area contributed by atoms with Gasteiger partial charge in [0.15, 0.2) is 8.07 Å². The molecule has 2 aromatic heterocycles. The lowest BCUT2D eigenvalue weighted by Crippen LogP contribution is -2.74. The third kappa shape index (κ3) is 5.24. The van der Waals surface area contributed by atoms with Crippen molar-refractivity contribution in [2.45, 2.75) is 6.92 Å². The van der Waals surface area contributed by atoms with Gasteiger partial charge in [0.2, 0.25) is 0 Å². The van der Waals surface area contributed by atoms with Crippen molar-refractivity contribution in [3.63, 3.8) is 0 Å². The predicted molar refractivity (Wildman–Crippen MR) is 249 cm³/mol. The summed E-state index contributed by atoms with van der Waals surface area (Å²) in [6.07, 6.45) is 0. The second kappa shape index (κ2) is 13.8. The quantitative estimate of drug-likeness (QED) is 0.113. The molecule has 11 rings (SSSR count). The molecule has 58 heavy (non-hydrogen) atoms. The second-order valence-corrected chi connectivity index (χ2v) is 19.2. The highest BCUT2D eigenvalue weighted by Gasteiger charge is 2.41. The smallest absolute Gasteiger partial charge is 0.179 e. The first-order chi connectivity index (χ1) is 28.7. The summed E-state index contributed by atoms with van der Waals surface area (Å²) in [5, 5.41) is 10.5. The molecule has 9 aromatic carbocycles. The molecule has 0 amide bonds. The van der Waals surface area contributed by atoms with Gasteiger partial charge in [-0.2, -0.15) is 0 Å². The number of nitrogens with zero attached hydrogens (tertiary/aromatic N) is 2. The first-order valence-corrected chi connectivity index (χ1v) is 22.1. The number of hydrogen-bond acceptors (Lipinski definition) is 0. The molecule has 0 N–H and O–H groups in total. The Morgan fingerprint density at radius 1 is 0.328 bits per heavy atom. The average Bonchev–Trinajstić information content (AvgIpc) is 3.81. The van der Waals surface area contributed by atoms with Gasteiger partial charge in [-0.05, 0) is 75.7 Å². The number of rotatable bonds is 7. The van der Waals surface area contributed by atoms with Crippen molar-refractivity contribution < 1.29 is 0 Å². The van der Waals surface area contributed by atoms with E-state index in [9.17, 15) is 0 Å². The predicted octanol–water partition coefficient (Wildman–Crippen LogP) is 11.2. The van der Waals surface area contributed by atoms with E-state index < -0.39 is 8.07 Å². The Balaban J connectivity index is 1.09. The fourth-order valence-corrected chi connectivity index (χ4v) is 14.3. The van der Waals surface area contributed by atoms with Crippen LogP contribution >= 0.6 is 0 Å². The maximum atomic E-state index is 2.46. The molecule has 0 spiro atoms. The monoisotopic (exact) mass is 756 g/mol. The van der Waals surface area contributed by atoms with Crippen molar-refractivity contribution in [3.05, 3.63) is 230 Å². The summed E-state index contributed by atoms with van der Waals surface area (Å²) < 4.78 is 4.87. The summed E-state index contributed by atoms with van der Waals surface area (Å²) >= 11 is 0. The van der Waals surface area contributed by atoms with E-state index in [1.807, 2.05) is 0 Å². The van der Waals surface area contributed by atoms with Gasteiger partial charge in [0.25, 0.3) is 0 Å². The molecule has 11 aromatic rings. The number of hydrogen-bond donors (Lipinski definition) is 0. The van der Waals surface area contributed by atoms with Gasteiger partial charge < -0.3 is 9.13 Å². The Morgan fingerprint density at radius 2 is 0.759 bits per heavy atom. The normalized spacial score (nSPS) is 11.9. The zero-order valence-corrected chi connectivity index (χ0v) is 33.3. The van der Waals surface area contributed by atoms with E-state index in [4.69, 9.17) is 0 Å². The minimum atomic E-state index is -2.66. The van der Waals surface area contributed by atoms with Crippen molar-refractivity contribution >= 4 is 72.4 Å². The van der Waals surface area contributed by atoms with E-state index in [1.54, 1.807) is 0 Å². The van der Waals surface area contributed by atoms with Crippen LogP contribution in [0.1, 0.15) is 5.56 Å². The van der Waals surface area contributed by atoms with Gasteiger partial charge in [-0.1, -0.05) is 188 Å². The van der Waals surface area contributed by atoms with E-state index in [0.717, 1.165) is 5.69 Å². The van der Waals surface area contributed by atoms with E-state index in [0.29, 0.717) is 0 Å². The molecule has 0 atom stereocenters. The zero-order valence-electron chi connectivity index (χ0n) is 32.3. The molecule has 0 fully saturated rings. The summed E-state index contributed by atoms with van der Waals surface area (Å²) in [4.78, 5) is 0. The number of para-hydroxylation sites is 4.